The van der Waals surface area contributed by atoms with Gasteiger partial charge in [0.05, 0.1) is 15.5 Å². The predicted molar refractivity (Wildman–Crippen MR) is 74.3 cm³/mol. The van der Waals surface area contributed by atoms with Gasteiger partial charge in [0.25, 0.3) is 15.7 Å². The number of sulfonamides is 1. The molecule has 112 valence electrons. The van der Waals surface area contributed by atoms with Crippen LogP contribution in [0.5, 0.6) is 0 Å². The molecule has 0 unspecified atom stereocenters. The fourth-order valence-corrected chi connectivity index (χ4v) is 2.61. The second-order valence-electron chi connectivity index (χ2n) is 4.31. The topological polar surface area (TPSA) is 141 Å². The number of benzene rings is 1. The number of hydrogen-bond donors (Lipinski definition) is 2. The van der Waals surface area contributed by atoms with Crippen LogP contribution < -0.4 is 10.5 Å². The van der Waals surface area contributed by atoms with E-state index >= 15 is 0 Å². The third kappa shape index (κ3) is 2.79. The zero-order valence-corrected chi connectivity index (χ0v) is 12.0. The number of nitrogen functional groups attached to an aromatic ring is 1. The Morgan fingerprint density at radius 2 is 2.05 bits per heavy atom. The Morgan fingerprint density at radius 3 is 2.57 bits per heavy atom. The molecule has 1 aromatic heterocycles. The number of hydrogen-bond acceptors (Lipinski definition) is 7. The maximum absolute atomic E-state index is 12.2. The maximum atomic E-state index is 12.2. The Labute approximate surface area is 119 Å². The van der Waals surface area contributed by atoms with Gasteiger partial charge in [-0.05, 0) is 26.0 Å². The third-order valence-corrected chi connectivity index (χ3v) is 4.22. The fourth-order valence-electron chi connectivity index (χ4n) is 1.54. The first kappa shape index (κ1) is 14.8. The normalized spacial score (nSPS) is 11.3. The van der Waals surface area contributed by atoms with Crippen LogP contribution in [0.2, 0.25) is 0 Å². The molecule has 1 aromatic carbocycles. The summed E-state index contributed by atoms with van der Waals surface area (Å²) < 4.78 is 31.4. The van der Waals surface area contributed by atoms with E-state index in [1.807, 2.05) is 0 Å². The molecule has 0 radical (unpaired) electrons. The van der Waals surface area contributed by atoms with Crippen molar-refractivity contribution in [3.05, 3.63) is 39.6 Å². The third-order valence-electron chi connectivity index (χ3n) is 2.89. The first-order valence-electron chi connectivity index (χ1n) is 5.72. The highest BCUT2D eigenvalue weighted by atomic mass is 32.2. The highest BCUT2D eigenvalue weighted by Gasteiger charge is 2.22. The van der Waals surface area contributed by atoms with Crippen LogP contribution in [0.15, 0.2) is 27.6 Å². The lowest BCUT2D eigenvalue weighted by molar-refractivity contribution is -0.384. The van der Waals surface area contributed by atoms with Crippen LogP contribution in [0.3, 0.4) is 0 Å². The average molecular weight is 312 g/mol. The molecule has 0 saturated carbocycles. The summed E-state index contributed by atoms with van der Waals surface area (Å²) in [6, 6.07) is 3.21. The Morgan fingerprint density at radius 1 is 1.38 bits per heavy atom. The van der Waals surface area contributed by atoms with Crippen molar-refractivity contribution in [1.29, 1.82) is 0 Å². The van der Waals surface area contributed by atoms with Gasteiger partial charge in [0.1, 0.15) is 5.69 Å². The molecule has 0 aliphatic heterocycles. The second kappa shape index (κ2) is 5.05. The van der Waals surface area contributed by atoms with Crippen LogP contribution in [0.25, 0.3) is 0 Å². The van der Waals surface area contributed by atoms with E-state index in [4.69, 9.17) is 10.3 Å². The largest absolute Gasteiger partial charge is 0.393 e. The molecule has 0 bridgehead atoms. The summed E-state index contributed by atoms with van der Waals surface area (Å²) in [6.07, 6.45) is 0. The Kier molecular flexibility index (Phi) is 3.56. The van der Waals surface area contributed by atoms with Crippen LogP contribution in [-0.2, 0) is 10.0 Å². The lowest BCUT2D eigenvalue weighted by Gasteiger charge is -2.06. The first-order chi connectivity index (χ1) is 9.72. The molecule has 0 atom stereocenters. The smallest absolute Gasteiger partial charge is 0.293 e. The van der Waals surface area contributed by atoms with Crippen LogP contribution in [-0.4, -0.2) is 18.5 Å². The Balaban J connectivity index is 2.43. The summed E-state index contributed by atoms with van der Waals surface area (Å²) in [5, 5.41) is 14.4. The highest BCUT2D eigenvalue weighted by Crippen LogP contribution is 2.27. The number of nitro benzene ring substituents is 1. The molecule has 21 heavy (non-hydrogen) atoms. The lowest BCUT2D eigenvalue weighted by Crippen LogP contribution is -2.13. The molecular weight excluding hydrogens is 300 g/mol. The monoisotopic (exact) mass is 312 g/mol. The number of aromatic nitrogens is 1. The standard InChI is InChI=1S/C11H12N4O5S/c1-6-7(2)13-20-11(6)14-21(18,19)8-3-4-9(12)10(5-8)15(16)17/h3-5,14H,12H2,1-2H3. The number of nitrogens with zero attached hydrogens (tertiary/aromatic N) is 2. The Hall–Kier alpha value is -2.62. The summed E-state index contributed by atoms with van der Waals surface area (Å²) in [5.41, 5.74) is 5.89. The number of rotatable bonds is 4. The summed E-state index contributed by atoms with van der Waals surface area (Å²) in [7, 11) is -4.04. The van der Waals surface area contributed by atoms with Gasteiger partial charge in [-0.2, -0.15) is 0 Å². The van der Waals surface area contributed by atoms with E-state index in [0.29, 0.717) is 11.3 Å². The first-order valence-corrected chi connectivity index (χ1v) is 7.20. The molecule has 3 N–H and O–H groups in total. The van der Waals surface area contributed by atoms with Crippen molar-refractivity contribution < 1.29 is 17.9 Å². The predicted octanol–water partition coefficient (Wildman–Crippen LogP) is 1.58. The zero-order valence-electron chi connectivity index (χ0n) is 11.2. The molecule has 9 nitrogen and oxygen atoms in total. The molecule has 0 spiro atoms. The van der Waals surface area contributed by atoms with Gasteiger partial charge in [-0.1, -0.05) is 5.16 Å². The summed E-state index contributed by atoms with van der Waals surface area (Å²) in [4.78, 5) is 9.75. The molecule has 0 amide bonds. The van der Waals surface area contributed by atoms with E-state index in [9.17, 15) is 18.5 Å². The van der Waals surface area contributed by atoms with E-state index in [2.05, 4.69) is 9.88 Å². The maximum Gasteiger partial charge on any atom is 0.293 e. The van der Waals surface area contributed by atoms with E-state index in [-0.39, 0.29) is 16.5 Å². The zero-order chi connectivity index (χ0) is 15.8. The minimum absolute atomic E-state index is 0.0352. The quantitative estimate of drug-likeness (QED) is 0.496. The molecule has 0 saturated heterocycles. The van der Waals surface area contributed by atoms with Gasteiger partial charge in [0, 0.05) is 11.6 Å². The van der Waals surface area contributed by atoms with Gasteiger partial charge in [-0.15, -0.1) is 0 Å². The van der Waals surface area contributed by atoms with Crippen LogP contribution in [0.4, 0.5) is 17.3 Å². The molecule has 2 rings (SSSR count). The van der Waals surface area contributed by atoms with Crippen molar-refractivity contribution in [1.82, 2.24) is 5.16 Å². The van der Waals surface area contributed by atoms with Crippen LogP contribution >= 0.6 is 0 Å². The van der Waals surface area contributed by atoms with Gasteiger partial charge >= 0.3 is 0 Å². The van der Waals surface area contributed by atoms with Crippen molar-refractivity contribution >= 4 is 27.3 Å². The number of nitrogens with two attached hydrogens (primary N) is 1. The SMILES string of the molecule is Cc1noc(NS(=O)(=O)c2ccc(N)c([N+](=O)[O-])c2)c1C. The summed E-state index contributed by atoms with van der Waals surface area (Å²) in [6.45, 7) is 3.29. The minimum Gasteiger partial charge on any atom is -0.393 e. The number of nitrogens with one attached hydrogen (secondary N) is 1. The lowest BCUT2D eigenvalue weighted by atomic mass is 10.3. The van der Waals surface area contributed by atoms with E-state index in [1.165, 1.54) is 6.07 Å². The van der Waals surface area contributed by atoms with Crippen molar-refractivity contribution in [2.45, 2.75) is 18.7 Å². The van der Waals surface area contributed by atoms with Gasteiger partial charge < -0.3 is 10.3 Å². The van der Waals surface area contributed by atoms with Crippen molar-refractivity contribution in [3.63, 3.8) is 0 Å². The number of aryl methyl sites for hydroxylation is 1. The fraction of sp³-hybridized carbons (Fsp3) is 0.182. The Bertz CT molecular complexity index is 812. The molecule has 0 aliphatic rings. The second-order valence-corrected chi connectivity index (χ2v) is 5.99. The van der Waals surface area contributed by atoms with E-state index in [1.54, 1.807) is 13.8 Å². The molecular formula is C11H12N4O5S. The number of anilines is 2. The van der Waals surface area contributed by atoms with Crippen LogP contribution in [0, 0.1) is 24.0 Å². The molecule has 10 heteroatoms. The summed E-state index contributed by atoms with van der Waals surface area (Å²) >= 11 is 0. The van der Waals surface area contributed by atoms with E-state index in [0.717, 1.165) is 12.1 Å². The van der Waals surface area contributed by atoms with E-state index < -0.39 is 20.6 Å². The average Bonchev–Trinajstić information content (AvgIpc) is 2.70. The van der Waals surface area contributed by atoms with Gasteiger partial charge in [-0.3, -0.25) is 10.1 Å². The van der Waals surface area contributed by atoms with Crippen molar-refractivity contribution in [3.8, 4) is 0 Å². The minimum atomic E-state index is -4.04. The van der Waals surface area contributed by atoms with Gasteiger partial charge in [0.2, 0.25) is 5.88 Å². The molecule has 0 aliphatic carbocycles. The summed E-state index contributed by atoms with van der Waals surface area (Å²) in [5.74, 6) is -0.0352. The number of nitro groups is 1. The molecule has 1 heterocycles. The van der Waals surface area contributed by atoms with Gasteiger partial charge in [0.15, 0.2) is 0 Å². The molecule has 0 fully saturated rings. The van der Waals surface area contributed by atoms with Gasteiger partial charge in [-0.25, -0.2) is 13.1 Å². The highest BCUT2D eigenvalue weighted by molar-refractivity contribution is 7.92. The van der Waals surface area contributed by atoms with Crippen LogP contribution in [0.1, 0.15) is 11.3 Å². The molecule has 2 aromatic rings. The van der Waals surface area contributed by atoms with Crippen molar-refractivity contribution in [2.24, 2.45) is 0 Å². The van der Waals surface area contributed by atoms with Crippen molar-refractivity contribution in [2.75, 3.05) is 10.5 Å².